The molecule has 0 unspecified atom stereocenters. The van der Waals surface area contributed by atoms with Crippen LogP contribution >= 0.6 is 0 Å². The minimum Gasteiger partial charge on any atom is -0.359 e. The number of amides is 1. The van der Waals surface area contributed by atoms with Crippen LogP contribution in [0.3, 0.4) is 0 Å². The van der Waals surface area contributed by atoms with Crippen molar-refractivity contribution in [3.05, 3.63) is 46.8 Å². The molecule has 0 heterocycles. The minimum atomic E-state index is -0.252. The highest BCUT2D eigenvalue weighted by Crippen LogP contribution is 2.05. The Balaban J connectivity index is 2.36. The van der Waals surface area contributed by atoms with E-state index in [2.05, 4.69) is 10.2 Å². The molecule has 1 amide bonds. The van der Waals surface area contributed by atoms with Gasteiger partial charge < -0.3 is 19.6 Å². The Morgan fingerprint density at radius 2 is 2.00 bits per heavy atom. The quantitative estimate of drug-likeness (QED) is 0.450. The zero-order valence-electron chi connectivity index (χ0n) is 10.3. The van der Waals surface area contributed by atoms with Crippen molar-refractivity contribution < 1.29 is 14.3 Å². The molecule has 0 aromatic heterocycles. The Morgan fingerprint density at radius 3 is 2.61 bits per heavy atom. The Bertz CT molecular complexity index is 409. The van der Waals surface area contributed by atoms with E-state index in [9.17, 15) is 4.79 Å². The second-order valence-electron chi connectivity index (χ2n) is 3.66. The van der Waals surface area contributed by atoms with E-state index >= 15 is 0 Å². The third-order valence-electron chi connectivity index (χ3n) is 2.21. The molecule has 96 valence electrons. The predicted molar refractivity (Wildman–Crippen MR) is 66.4 cm³/mol. The lowest BCUT2D eigenvalue weighted by atomic mass is 10.1. The molecule has 18 heavy (non-hydrogen) atoms. The van der Waals surface area contributed by atoms with Gasteiger partial charge in [0, 0.05) is 13.7 Å². The average molecular weight is 248 g/mol. The Kier molecular flexibility index (Phi) is 6.47. The number of carbonyl (C=O) groups is 1. The second kappa shape index (κ2) is 8.23. The van der Waals surface area contributed by atoms with Gasteiger partial charge in [0.25, 0.3) is 12.5 Å². The summed E-state index contributed by atoms with van der Waals surface area (Å²) in [6, 6.07) is 7.71. The lowest BCUT2D eigenvalue weighted by Crippen LogP contribution is -2.24. The Hall–Kier alpha value is -1.90. The van der Waals surface area contributed by atoms with Gasteiger partial charge in [-0.2, -0.15) is 0 Å². The fourth-order valence-corrected chi connectivity index (χ4v) is 1.32. The highest BCUT2D eigenvalue weighted by atomic mass is 16.7. The van der Waals surface area contributed by atoms with Gasteiger partial charge in [0.2, 0.25) is 0 Å². The van der Waals surface area contributed by atoms with Crippen LogP contribution in [0.4, 0.5) is 0 Å². The number of carbonyl (C=O) groups excluding carboxylic acids is 1. The zero-order chi connectivity index (χ0) is 13.2. The SMILES string of the molecule is [C-]#[N+]CC(=O)NCc1ccc(COCOC)cc1. The third-order valence-corrected chi connectivity index (χ3v) is 2.21. The number of rotatable bonds is 7. The summed E-state index contributed by atoms with van der Waals surface area (Å²) in [4.78, 5) is 14.1. The molecule has 1 rings (SSSR count). The van der Waals surface area contributed by atoms with Crippen LogP contribution in [-0.4, -0.2) is 26.4 Å². The van der Waals surface area contributed by atoms with Crippen LogP contribution < -0.4 is 5.32 Å². The summed E-state index contributed by atoms with van der Waals surface area (Å²) < 4.78 is 9.99. The van der Waals surface area contributed by atoms with Gasteiger partial charge in [0.15, 0.2) is 0 Å². The molecule has 0 aliphatic rings. The standard InChI is InChI=1S/C13H16N2O3/c1-14-8-13(16)15-7-11-3-5-12(6-4-11)9-18-10-17-2/h3-6H,7-10H2,2H3,(H,15,16). The van der Waals surface area contributed by atoms with Crippen LogP contribution in [0.1, 0.15) is 11.1 Å². The van der Waals surface area contributed by atoms with Gasteiger partial charge in [-0.15, -0.1) is 0 Å². The Labute approximate surface area is 107 Å². The summed E-state index contributed by atoms with van der Waals surface area (Å²) in [5.74, 6) is -0.252. The molecular formula is C13H16N2O3. The fraction of sp³-hybridized carbons (Fsp3) is 0.385. The van der Waals surface area contributed by atoms with Crippen LogP contribution in [0.25, 0.3) is 4.85 Å². The zero-order valence-corrected chi connectivity index (χ0v) is 10.3. The van der Waals surface area contributed by atoms with Crippen molar-refractivity contribution in [1.82, 2.24) is 5.32 Å². The minimum absolute atomic E-state index is 0.122. The highest BCUT2D eigenvalue weighted by molar-refractivity contribution is 5.79. The van der Waals surface area contributed by atoms with E-state index in [1.54, 1.807) is 7.11 Å². The molecule has 1 aromatic carbocycles. The Morgan fingerprint density at radius 1 is 1.33 bits per heavy atom. The maximum Gasteiger partial charge on any atom is 0.300 e. The van der Waals surface area contributed by atoms with E-state index < -0.39 is 0 Å². The van der Waals surface area contributed by atoms with E-state index in [0.29, 0.717) is 13.2 Å². The lowest BCUT2D eigenvalue weighted by molar-refractivity contribution is -0.119. The molecule has 0 aliphatic heterocycles. The van der Waals surface area contributed by atoms with Crippen molar-refractivity contribution in [2.75, 3.05) is 20.4 Å². The van der Waals surface area contributed by atoms with Crippen molar-refractivity contribution in [1.29, 1.82) is 0 Å². The van der Waals surface area contributed by atoms with Gasteiger partial charge in [0.05, 0.1) is 6.61 Å². The van der Waals surface area contributed by atoms with Crippen LogP contribution in [0.2, 0.25) is 0 Å². The molecule has 0 fully saturated rings. The number of benzene rings is 1. The lowest BCUT2D eigenvalue weighted by Gasteiger charge is -2.05. The third kappa shape index (κ3) is 5.43. The maximum absolute atomic E-state index is 11.1. The normalized spacial score (nSPS) is 9.78. The van der Waals surface area contributed by atoms with Crippen LogP contribution in [0, 0.1) is 6.57 Å². The van der Waals surface area contributed by atoms with E-state index in [1.165, 1.54) is 0 Å². The topological polar surface area (TPSA) is 51.9 Å². The molecule has 0 aliphatic carbocycles. The number of methoxy groups -OCH3 is 1. The summed E-state index contributed by atoms with van der Waals surface area (Å²) in [5, 5.41) is 2.67. The number of hydrogen-bond acceptors (Lipinski definition) is 3. The van der Waals surface area contributed by atoms with Gasteiger partial charge in [-0.3, -0.25) is 4.79 Å². The first-order valence-electron chi connectivity index (χ1n) is 5.50. The largest absolute Gasteiger partial charge is 0.359 e. The summed E-state index contributed by atoms with van der Waals surface area (Å²) in [6.45, 7) is 7.65. The van der Waals surface area contributed by atoms with Crippen LogP contribution in [-0.2, 0) is 27.4 Å². The first-order valence-corrected chi connectivity index (χ1v) is 5.50. The summed E-state index contributed by atoms with van der Waals surface area (Å²) >= 11 is 0. The number of ether oxygens (including phenoxy) is 2. The molecule has 0 saturated carbocycles. The smallest absolute Gasteiger partial charge is 0.300 e. The first kappa shape index (κ1) is 14.2. The van der Waals surface area contributed by atoms with E-state index in [4.69, 9.17) is 16.0 Å². The molecule has 0 saturated heterocycles. The molecule has 5 heteroatoms. The van der Waals surface area contributed by atoms with Gasteiger partial charge >= 0.3 is 0 Å². The van der Waals surface area contributed by atoms with Crippen LogP contribution in [0.15, 0.2) is 24.3 Å². The van der Waals surface area contributed by atoms with E-state index in [-0.39, 0.29) is 19.2 Å². The van der Waals surface area contributed by atoms with Crippen molar-refractivity contribution in [2.24, 2.45) is 0 Å². The molecular weight excluding hydrogens is 232 g/mol. The van der Waals surface area contributed by atoms with Gasteiger partial charge in [-0.25, -0.2) is 6.57 Å². The monoisotopic (exact) mass is 248 g/mol. The molecule has 1 aromatic rings. The maximum atomic E-state index is 11.1. The van der Waals surface area contributed by atoms with Crippen molar-refractivity contribution >= 4 is 5.91 Å². The first-order chi connectivity index (χ1) is 8.76. The summed E-state index contributed by atoms with van der Waals surface area (Å²) in [6.07, 6.45) is 0. The highest BCUT2D eigenvalue weighted by Gasteiger charge is 2.02. The van der Waals surface area contributed by atoms with Crippen LogP contribution in [0.5, 0.6) is 0 Å². The fourth-order valence-electron chi connectivity index (χ4n) is 1.32. The molecule has 0 spiro atoms. The molecule has 0 radical (unpaired) electrons. The summed E-state index contributed by atoms with van der Waals surface area (Å²) in [5.41, 5.74) is 2.03. The van der Waals surface area contributed by atoms with Crippen molar-refractivity contribution in [2.45, 2.75) is 13.2 Å². The van der Waals surface area contributed by atoms with Crippen molar-refractivity contribution in [3.63, 3.8) is 0 Å². The molecule has 5 nitrogen and oxygen atoms in total. The predicted octanol–water partition coefficient (Wildman–Crippen LogP) is 1.34. The number of nitrogens with zero attached hydrogens (tertiary/aromatic N) is 1. The number of hydrogen-bond donors (Lipinski definition) is 1. The number of nitrogens with one attached hydrogen (secondary N) is 1. The molecule has 0 atom stereocenters. The van der Waals surface area contributed by atoms with Gasteiger partial charge in [-0.05, 0) is 11.1 Å². The van der Waals surface area contributed by atoms with Gasteiger partial charge in [-0.1, -0.05) is 24.3 Å². The van der Waals surface area contributed by atoms with E-state index in [0.717, 1.165) is 11.1 Å². The molecule has 0 bridgehead atoms. The van der Waals surface area contributed by atoms with Gasteiger partial charge in [0.1, 0.15) is 6.79 Å². The molecule has 1 N–H and O–H groups in total. The second-order valence-corrected chi connectivity index (χ2v) is 3.66. The average Bonchev–Trinajstić information content (AvgIpc) is 2.38. The summed E-state index contributed by atoms with van der Waals surface area (Å²) in [7, 11) is 1.58. The van der Waals surface area contributed by atoms with Crippen molar-refractivity contribution in [3.8, 4) is 0 Å². The van der Waals surface area contributed by atoms with E-state index in [1.807, 2.05) is 24.3 Å².